The Hall–Kier alpha value is -2.22. The van der Waals surface area contributed by atoms with Crippen LogP contribution in [-0.2, 0) is 25.9 Å². The molecule has 0 saturated carbocycles. The molecule has 6 nitrogen and oxygen atoms in total. The van der Waals surface area contributed by atoms with E-state index in [1.807, 2.05) is 12.1 Å². The van der Waals surface area contributed by atoms with Crippen LogP contribution < -0.4 is 20.1 Å². The van der Waals surface area contributed by atoms with Crippen LogP contribution in [0.15, 0.2) is 29.1 Å². The van der Waals surface area contributed by atoms with E-state index in [4.69, 9.17) is 9.72 Å². The van der Waals surface area contributed by atoms with Gasteiger partial charge in [-0.3, -0.25) is 4.79 Å². The number of rotatable bonds is 5. The third-order valence-electron chi connectivity index (χ3n) is 6.57. The Morgan fingerprint density at radius 3 is 2.47 bits per heavy atom. The molecule has 0 amide bonds. The highest BCUT2D eigenvalue weighted by Gasteiger charge is 2.25. The van der Waals surface area contributed by atoms with E-state index >= 15 is 0 Å². The van der Waals surface area contributed by atoms with Gasteiger partial charge in [-0.05, 0) is 55.5 Å². The maximum Gasteiger partial charge on any atom is 0.260 e. The topological polar surface area (TPSA) is 63.9 Å². The average Bonchev–Trinajstić information content (AvgIpc) is 3.14. The van der Waals surface area contributed by atoms with E-state index in [2.05, 4.69) is 17.1 Å². The zero-order chi connectivity index (χ0) is 20.5. The normalized spacial score (nSPS) is 21.5. The number of quaternary nitrogens is 2. The fourth-order valence-corrected chi connectivity index (χ4v) is 6.15. The van der Waals surface area contributed by atoms with Gasteiger partial charge in [0, 0.05) is 10.4 Å². The summed E-state index contributed by atoms with van der Waals surface area (Å²) in [6, 6.07) is 8.40. The summed E-state index contributed by atoms with van der Waals surface area (Å²) in [7, 11) is 1.70. The molecule has 0 bridgehead atoms. The van der Waals surface area contributed by atoms with Crippen molar-refractivity contribution in [1.82, 2.24) is 9.97 Å². The highest BCUT2D eigenvalue weighted by Crippen LogP contribution is 2.33. The van der Waals surface area contributed by atoms with Gasteiger partial charge >= 0.3 is 0 Å². The monoisotopic (exact) mass is 426 g/mol. The number of aryl methyl sites for hydroxylation is 2. The molecule has 0 atom stereocenters. The van der Waals surface area contributed by atoms with Crippen LogP contribution in [0.1, 0.15) is 34.7 Å². The van der Waals surface area contributed by atoms with Crippen LogP contribution in [0.3, 0.4) is 0 Å². The number of hydrogen-bond acceptors (Lipinski definition) is 4. The van der Waals surface area contributed by atoms with Crippen molar-refractivity contribution in [1.29, 1.82) is 0 Å². The lowest BCUT2D eigenvalue weighted by atomic mass is 9.97. The highest BCUT2D eigenvalue weighted by atomic mass is 32.1. The first-order valence-corrected chi connectivity index (χ1v) is 11.8. The second kappa shape index (κ2) is 8.49. The number of hydrogen-bond donors (Lipinski definition) is 3. The minimum absolute atomic E-state index is 0.0672. The Labute approximate surface area is 180 Å². The molecule has 2 aliphatic rings. The van der Waals surface area contributed by atoms with Crippen LogP contribution in [0.25, 0.3) is 10.2 Å². The molecule has 0 radical (unpaired) electrons. The van der Waals surface area contributed by atoms with Gasteiger partial charge in [0.25, 0.3) is 5.56 Å². The van der Waals surface area contributed by atoms with Crippen molar-refractivity contribution in [3.8, 4) is 5.75 Å². The zero-order valence-corrected chi connectivity index (χ0v) is 18.4. The van der Waals surface area contributed by atoms with Gasteiger partial charge in [-0.2, -0.15) is 0 Å². The quantitative estimate of drug-likeness (QED) is 0.552. The molecule has 30 heavy (non-hydrogen) atoms. The molecule has 1 aliphatic heterocycles. The summed E-state index contributed by atoms with van der Waals surface area (Å²) in [6.07, 6.45) is 4.56. The molecule has 158 valence electrons. The van der Waals surface area contributed by atoms with Crippen molar-refractivity contribution in [2.45, 2.75) is 38.8 Å². The Balaban J connectivity index is 1.22. The summed E-state index contributed by atoms with van der Waals surface area (Å²) in [5.41, 5.74) is 2.69. The molecule has 3 heterocycles. The van der Waals surface area contributed by atoms with Crippen molar-refractivity contribution in [3.63, 3.8) is 0 Å². The lowest BCUT2D eigenvalue weighted by molar-refractivity contribution is -1.02. The number of ether oxygens (including phenoxy) is 1. The number of methoxy groups -OCH3 is 1. The van der Waals surface area contributed by atoms with Gasteiger partial charge in [-0.1, -0.05) is 0 Å². The average molecular weight is 427 g/mol. The number of thiophene rings is 1. The summed E-state index contributed by atoms with van der Waals surface area (Å²) in [5.74, 6) is 1.76. The molecule has 1 aliphatic carbocycles. The number of nitrogens with zero attached hydrogens (tertiary/aromatic N) is 1. The SMILES string of the molecule is COc1ccc(C[NH+]2CC[NH+](Cc3nc4sc5c(c4c(=O)[nH]3)CCCC5)CC2)cc1. The van der Waals surface area contributed by atoms with Crippen molar-refractivity contribution in [2.75, 3.05) is 33.3 Å². The van der Waals surface area contributed by atoms with Gasteiger partial charge in [-0.25, -0.2) is 4.98 Å². The minimum atomic E-state index is 0.0672. The fourth-order valence-electron chi connectivity index (χ4n) is 4.87. The van der Waals surface area contributed by atoms with Crippen molar-refractivity contribution in [3.05, 3.63) is 56.4 Å². The van der Waals surface area contributed by atoms with Crippen molar-refractivity contribution in [2.24, 2.45) is 0 Å². The van der Waals surface area contributed by atoms with Crippen LogP contribution in [-0.4, -0.2) is 43.3 Å². The largest absolute Gasteiger partial charge is 0.497 e. The number of H-pyrrole nitrogens is 1. The van der Waals surface area contributed by atoms with Gasteiger partial charge in [0.15, 0.2) is 5.82 Å². The van der Waals surface area contributed by atoms with Crippen molar-refractivity contribution >= 4 is 21.6 Å². The molecule has 3 N–H and O–H groups in total. The lowest BCUT2D eigenvalue weighted by Crippen LogP contribution is -3.27. The summed E-state index contributed by atoms with van der Waals surface area (Å²) in [5, 5.41) is 0.863. The van der Waals surface area contributed by atoms with Gasteiger partial charge in [0.05, 0.1) is 12.5 Å². The Morgan fingerprint density at radius 2 is 1.73 bits per heavy atom. The molecule has 3 aromatic rings. The van der Waals surface area contributed by atoms with Crippen LogP contribution in [0.2, 0.25) is 0 Å². The first-order valence-electron chi connectivity index (χ1n) is 11.0. The molecule has 1 aromatic carbocycles. The number of fused-ring (bicyclic) bond motifs is 3. The molecule has 0 spiro atoms. The third kappa shape index (κ3) is 4.02. The Bertz CT molecular complexity index is 1080. The Morgan fingerprint density at radius 1 is 1.03 bits per heavy atom. The summed E-state index contributed by atoms with van der Waals surface area (Å²) < 4.78 is 5.25. The smallest absolute Gasteiger partial charge is 0.260 e. The first-order chi connectivity index (χ1) is 14.7. The molecule has 5 rings (SSSR count). The lowest BCUT2D eigenvalue weighted by Gasteiger charge is -2.29. The van der Waals surface area contributed by atoms with Crippen molar-refractivity contribution < 1.29 is 14.5 Å². The second-order valence-corrected chi connectivity index (χ2v) is 9.69. The summed E-state index contributed by atoms with van der Waals surface area (Å²) in [4.78, 5) is 26.2. The maximum absolute atomic E-state index is 12.8. The van der Waals surface area contributed by atoms with E-state index in [-0.39, 0.29) is 5.56 Å². The second-order valence-electron chi connectivity index (χ2n) is 8.61. The van der Waals surface area contributed by atoms with Gasteiger partial charge in [-0.15, -0.1) is 11.3 Å². The van der Waals surface area contributed by atoms with E-state index in [0.717, 1.165) is 73.9 Å². The predicted molar refractivity (Wildman–Crippen MR) is 119 cm³/mol. The van der Waals surface area contributed by atoms with Gasteiger partial charge < -0.3 is 19.5 Å². The number of aromatic amines is 1. The molecule has 1 fully saturated rings. The molecular weight excluding hydrogens is 396 g/mol. The Kier molecular flexibility index (Phi) is 5.58. The molecular formula is C23H30N4O2S+2. The third-order valence-corrected chi connectivity index (χ3v) is 7.75. The maximum atomic E-state index is 12.8. The van der Waals surface area contributed by atoms with E-state index in [1.54, 1.807) is 23.3 Å². The molecule has 0 unspecified atom stereocenters. The molecule has 1 saturated heterocycles. The molecule has 2 aromatic heterocycles. The number of aromatic nitrogens is 2. The number of nitrogens with one attached hydrogen (secondary N) is 3. The summed E-state index contributed by atoms with van der Waals surface area (Å²) >= 11 is 1.74. The van der Waals surface area contributed by atoms with E-state index in [1.165, 1.54) is 33.7 Å². The predicted octanol–water partition coefficient (Wildman–Crippen LogP) is 0.356. The highest BCUT2D eigenvalue weighted by molar-refractivity contribution is 7.18. The fraction of sp³-hybridized carbons (Fsp3) is 0.478. The van der Waals surface area contributed by atoms with Crippen LogP contribution >= 0.6 is 11.3 Å². The van der Waals surface area contributed by atoms with Gasteiger partial charge in [0.1, 0.15) is 49.8 Å². The van der Waals surface area contributed by atoms with E-state index in [9.17, 15) is 4.79 Å². The van der Waals surface area contributed by atoms with Gasteiger partial charge in [0.2, 0.25) is 0 Å². The van der Waals surface area contributed by atoms with E-state index < -0.39 is 0 Å². The number of benzene rings is 1. The van der Waals surface area contributed by atoms with Crippen LogP contribution in [0, 0.1) is 0 Å². The summed E-state index contributed by atoms with van der Waals surface area (Å²) in [6.45, 7) is 6.35. The first kappa shape index (κ1) is 19.7. The van der Waals surface area contributed by atoms with E-state index in [0.29, 0.717) is 0 Å². The zero-order valence-electron chi connectivity index (χ0n) is 17.6. The minimum Gasteiger partial charge on any atom is -0.497 e. The molecule has 7 heteroatoms. The van der Waals surface area contributed by atoms with Crippen LogP contribution in [0.4, 0.5) is 0 Å². The standard InChI is InChI=1S/C23H28N4O2S/c1-29-17-8-6-16(7-9-17)14-26-10-12-27(13-11-26)15-20-24-22(28)21-18-4-2-3-5-19(18)30-23(21)25-20/h6-9H,2-5,10-15H2,1H3,(H,24,25,28)/p+2. The van der Waals surface area contributed by atoms with Crippen LogP contribution in [0.5, 0.6) is 5.75 Å². The number of piperazine rings is 1.